The normalized spacial score (nSPS) is 27.8. The molecule has 0 saturated carbocycles. The topological polar surface area (TPSA) is 42.1 Å². The van der Waals surface area contributed by atoms with Gasteiger partial charge in [-0.15, -0.1) is 10.2 Å². The van der Waals surface area contributed by atoms with E-state index in [0.29, 0.717) is 12.1 Å². The Morgan fingerprint density at radius 2 is 1.38 bits per heavy atom. The summed E-state index contributed by atoms with van der Waals surface area (Å²) in [7, 11) is 0. The maximum Gasteiger partial charge on any atom is 0.153 e. The molecule has 2 aromatic rings. The molecule has 4 rings (SSSR count). The molecule has 32 heavy (non-hydrogen) atoms. The summed E-state index contributed by atoms with van der Waals surface area (Å²) in [5, 5.41) is 9.28. The van der Waals surface area contributed by atoms with Crippen LogP contribution in [0.15, 0.2) is 24.5 Å². The Bertz CT molecular complexity index is 792. The third-order valence-corrected chi connectivity index (χ3v) is 7.60. The maximum absolute atomic E-state index is 4.64. The molecule has 0 radical (unpaired) electrons. The van der Waals surface area contributed by atoms with Gasteiger partial charge in [0.2, 0.25) is 0 Å². The Hall–Kier alpha value is -1.66. The fourth-order valence-electron chi connectivity index (χ4n) is 6.16. The molecule has 6 nitrogen and oxygen atoms in total. The lowest BCUT2D eigenvalue weighted by molar-refractivity contribution is 0.102. The van der Waals surface area contributed by atoms with Crippen molar-refractivity contribution in [3.05, 3.63) is 36.2 Å². The molecule has 0 aliphatic carbocycles. The molecule has 6 heteroatoms. The molecule has 4 heterocycles. The third-order valence-electron chi connectivity index (χ3n) is 7.60. The molecule has 0 bridgehead atoms. The van der Waals surface area contributed by atoms with Crippen LogP contribution in [0.5, 0.6) is 0 Å². The number of aromatic nitrogens is 4. The van der Waals surface area contributed by atoms with Crippen molar-refractivity contribution in [2.45, 2.75) is 91.1 Å². The Labute approximate surface area is 195 Å². The molecule has 0 N–H and O–H groups in total. The second kappa shape index (κ2) is 11.0. The minimum atomic E-state index is 0.705. The van der Waals surface area contributed by atoms with E-state index in [1.54, 1.807) is 0 Å². The van der Waals surface area contributed by atoms with Crippen LogP contribution in [0.1, 0.15) is 77.9 Å². The molecule has 4 atom stereocenters. The molecule has 2 saturated heterocycles. The molecule has 2 fully saturated rings. The first kappa shape index (κ1) is 23.5. The van der Waals surface area contributed by atoms with Crippen LogP contribution in [0.2, 0.25) is 0 Å². The highest BCUT2D eigenvalue weighted by Crippen LogP contribution is 2.23. The van der Waals surface area contributed by atoms with Crippen molar-refractivity contribution in [2.24, 2.45) is 11.8 Å². The fraction of sp³-hybridized carbons (Fsp3) is 0.769. The number of likely N-dealkylation sites (tertiary alicyclic amines) is 2. The fourth-order valence-corrected chi connectivity index (χ4v) is 6.16. The van der Waals surface area contributed by atoms with Gasteiger partial charge in [-0.1, -0.05) is 20.3 Å². The number of nitrogens with zero attached hydrogens (tertiary/aromatic N) is 6. The Kier molecular flexibility index (Phi) is 8.06. The van der Waals surface area contributed by atoms with E-state index >= 15 is 0 Å². The predicted octanol–water partition coefficient (Wildman–Crippen LogP) is 4.50. The van der Waals surface area contributed by atoms with Crippen LogP contribution in [-0.2, 0) is 12.8 Å². The van der Waals surface area contributed by atoms with Crippen molar-refractivity contribution in [1.82, 2.24) is 29.3 Å². The summed E-state index contributed by atoms with van der Waals surface area (Å²) in [6.45, 7) is 14.4. The van der Waals surface area contributed by atoms with Gasteiger partial charge in [-0.25, -0.2) is 4.68 Å². The van der Waals surface area contributed by atoms with Crippen LogP contribution >= 0.6 is 0 Å². The van der Waals surface area contributed by atoms with E-state index in [9.17, 15) is 0 Å². The minimum Gasteiger partial charge on any atom is -0.303 e. The summed E-state index contributed by atoms with van der Waals surface area (Å²) in [4.78, 5) is 5.35. The summed E-state index contributed by atoms with van der Waals surface area (Å²) >= 11 is 0. The number of hydrogen-bond acceptors (Lipinski definition) is 4. The Morgan fingerprint density at radius 3 is 1.97 bits per heavy atom. The summed E-state index contributed by atoms with van der Waals surface area (Å²) < 4.78 is 4.41. The van der Waals surface area contributed by atoms with E-state index < -0.39 is 0 Å². The molecule has 2 aliphatic heterocycles. The van der Waals surface area contributed by atoms with Crippen molar-refractivity contribution in [3.8, 4) is 0 Å². The lowest BCUT2D eigenvalue weighted by Gasteiger charge is -2.39. The number of aryl methyl sites for hydroxylation is 2. The summed E-state index contributed by atoms with van der Waals surface area (Å²) in [5.74, 6) is 3.82. The monoisotopic (exact) mass is 440 g/mol. The van der Waals surface area contributed by atoms with Crippen LogP contribution < -0.4 is 0 Å². The molecule has 0 unspecified atom stereocenters. The van der Waals surface area contributed by atoms with Gasteiger partial charge in [0.15, 0.2) is 11.6 Å². The van der Waals surface area contributed by atoms with Gasteiger partial charge in [0.25, 0.3) is 0 Å². The number of piperidine rings is 2. The van der Waals surface area contributed by atoms with Crippen LogP contribution in [0.3, 0.4) is 0 Å². The average molecular weight is 441 g/mol. The van der Waals surface area contributed by atoms with Crippen molar-refractivity contribution >= 4 is 0 Å². The zero-order chi connectivity index (χ0) is 22.5. The predicted molar refractivity (Wildman–Crippen MR) is 131 cm³/mol. The van der Waals surface area contributed by atoms with Gasteiger partial charge in [0.1, 0.15) is 0 Å². The Morgan fingerprint density at radius 1 is 0.812 bits per heavy atom. The molecular weight excluding hydrogens is 396 g/mol. The van der Waals surface area contributed by atoms with E-state index in [-0.39, 0.29) is 0 Å². The average Bonchev–Trinajstić information content (AvgIpc) is 3.39. The van der Waals surface area contributed by atoms with Gasteiger partial charge in [0.05, 0.1) is 0 Å². The van der Waals surface area contributed by atoms with Gasteiger partial charge in [0, 0.05) is 50.4 Å². The van der Waals surface area contributed by atoms with E-state index in [2.05, 4.69) is 81.6 Å². The lowest BCUT2D eigenvalue weighted by Crippen LogP contribution is -2.44. The standard InChI is InChI=1S/C26H44N6/c1-21-18-22(2)20-29(19-21)14-8-12-25-27-28-26(32(25)30-15-5-6-16-30)13-9-17-31-23(3)10-7-11-24(31)4/h5-6,15-16,21-24H,7-14,17-20H2,1-4H3/t21-,22+,23-,24-/m0/s1. The molecule has 2 aromatic heterocycles. The van der Waals surface area contributed by atoms with Gasteiger partial charge < -0.3 is 4.90 Å². The third kappa shape index (κ3) is 5.82. The second-order valence-electron chi connectivity index (χ2n) is 10.7. The van der Waals surface area contributed by atoms with E-state index in [4.69, 9.17) is 0 Å². The minimum absolute atomic E-state index is 0.705. The molecule has 178 valence electrons. The molecule has 0 aromatic carbocycles. The zero-order valence-corrected chi connectivity index (χ0v) is 20.8. The maximum atomic E-state index is 4.64. The smallest absolute Gasteiger partial charge is 0.153 e. The molecule has 0 spiro atoms. The van der Waals surface area contributed by atoms with Crippen molar-refractivity contribution in [2.75, 3.05) is 26.2 Å². The van der Waals surface area contributed by atoms with Crippen LogP contribution in [0.4, 0.5) is 0 Å². The van der Waals surface area contributed by atoms with E-state index in [1.807, 2.05) is 0 Å². The van der Waals surface area contributed by atoms with Crippen molar-refractivity contribution < 1.29 is 0 Å². The Balaban J connectivity index is 1.36. The SMILES string of the molecule is C[C@@H]1C[C@H](C)CN(CCCc2nnc(CCCN3[C@@H](C)CCC[C@@H]3C)n2-n2cccc2)C1. The lowest BCUT2D eigenvalue weighted by atomic mass is 9.92. The summed E-state index contributed by atoms with van der Waals surface area (Å²) in [6, 6.07) is 5.58. The first-order chi connectivity index (χ1) is 15.5. The number of rotatable bonds is 9. The highest BCUT2D eigenvalue weighted by atomic mass is 15.5. The second-order valence-corrected chi connectivity index (χ2v) is 10.7. The van der Waals surface area contributed by atoms with E-state index in [1.165, 1.54) is 38.8 Å². The molecule has 0 amide bonds. The highest BCUT2D eigenvalue weighted by molar-refractivity contribution is 5.02. The first-order valence-corrected chi connectivity index (χ1v) is 13.1. The van der Waals surface area contributed by atoms with Gasteiger partial charge in [-0.05, 0) is 83.0 Å². The van der Waals surface area contributed by atoms with Crippen molar-refractivity contribution in [3.63, 3.8) is 0 Å². The number of hydrogen-bond donors (Lipinski definition) is 0. The zero-order valence-electron chi connectivity index (χ0n) is 20.8. The summed E-state index contributed by atoms with van der Waals surface area (Å²) in [5.41, 5.74) is 0. The molecular formula is C26H44N6. The highest BCUT2D eigenvalue weighted by Gasteiger charge is 2.25. The van der Waals surface area contributed by atoms with Crippen LogP contribution in [-0.4, -0.2) is 67.6 Å². The van der Waals surface area contributed by atoms with E-state index in [0.717, 1.165) is 62.3 Å². The van der Waals surface area contributed by atoms with Gasteiger partial charge in [-0.2, -0.15) is 0 Å². The quantitative estimate of drug-likeness (QED) is 0.576. The molecule has 2 aliphatic rings. The van der Waals surface area contributed by atoms with Gasteiger partial charge in [-0.3, -0.25) is 9.58 Å². The summed E-state index contributed by atoms with van der Waals surface area (Å²) in [6.07, 6.45) is 13.9. The van der Waals surface area contributed by atoms with Crippen molar-refractivity contribution in [1.29, 1.82) is 0 Å². The largest absolute Gasteiger partial charge is 0.303 e. The first-order valence-electron chi connectivity index (χ1n) is 13.1. The van der Waals surface area contributed by atoms with Crippen LogP contribution in [0, 0.1) is 11.8 Å². The van der Waals surface area contributed by atoms with Crippen LogP contribution in [0.25, 0.3) is 0 Å². The van der Waals surface area contributed by atoms with Gasteiger partial charge >= 0.3 is 0 Å².